The van der Waals surface area contributed by atoms with Gasteiger partial charge in [0, 0.05) is 11.1 Å². The minimum atomic E-state index is -3.92. The van der Waals surface area contributed by atoms with Gasteiger partial charge in [-0.05, 0) is 77.8 Å². The second kappa shape index (κ2) is 9.82. The summed E-state index contributed by atoms with van der Waals surface area (Å²) in [6.07, 6.45) is 0. The maximum atomic E-state index is 13.1. The predicted molar refractivity (Wildman–Crippen MR) is 137 cm³/mol. The maximum absolute atomic E-state index is 13.1. The van der Waals surface area contributed by atoms with Crippen LogP contribution in [0.1, 0.15) is 23.0 Å². The van der Waals surface area contributed by atoms with Crippen molar-refractivity contribution in [2.24, 2.45) is 0 Å². The van der Waals surface area contributed by atoms with Gasteiger partial charge in [0.15, 0.2) is 0 Å². The minimum Gasteiger partial charge on any atom is -0.493 e. The van der Waals surface area contributed by atoms with Crippen molar-refractivity contribution in [3.63, 3.8) is 0 Å². The van der Waals surface area contributed by atoms with Crippen LogP contribution in [0.5, 0.6) is 5.75 Å². The average molecular weight is 540 g/mol. The van der Waals surface area contributed by atoms with Gasteiger partial charge in [-0.2, -0.15) is 0 Å². The predicted octanol–water partition coefficient (Wildman–Crippen LogP) is 5.76. The van der Waals surface area contributed by atoms with Gasteiger partial charge in [-0.3, -0.25) is 9.52 Å². The van der Waals surface area contributed by atoms with E-state index < -0.39 is 15.9 Å². The third kappa shape index (κ3) is 5.21. The number of nitrogens with zero attached hydrogens (tertiary/aromatic N) is 1. The Morgan fingerprint density at radius 1 is 1.00 bits per heavy atom. The molecule has 7 nitrogen and oxygen atoms in total. The van der Waals surface area contributed by atoms with Crippen LogP contribution >= 0.6 is 15.9 Å². The molecule has 4 aromatic rings. The third-order valence-electron chi connectivity index (χ3n) is 5.05. The van der Waals surface area contributed by atoms with Crippen molar-refractivity contribution in [1.82, 2.24) is 4.98 Å². The quantitative estimate of drug-likeness (QED) is 0.311. The highest BCUT2D eigenvalue weighted by Gasteiger charge is 2.19. The first-order valence-corrected chi connectivity index (χ1v) is 12.8. The normalized spacial score (nSPS) is 11.3. The van der Waals surface area contributed by atoms with E-state index in [1.165, 1.54) is 6.07 Å². The number of pyridine rings is 1. The van der Waals surface area contributed by atoms with Gasteiger partial charge in [0.1, 0.15) is 11.4 Å². The smallest absolute Gasteiger partial charge is 0.274 e. The van der Waals surface area contributed by atoms with Gasteiger partial charge in [-0.25, -0.2) is 13.4 Å². The van der Waals surface area contributed by atoms with Crippen LogP contribution in [0.3, 0.4) is 0 Å². The molecule has 0 bridgehead atoms. The molecule has 0 fully saturated rings. The molecule has 0 aliphatic heterocycles. The fraction of sp³-hybridized carbons (Fsp3) is 0.120. The van der Waals surface area contributed by atoms with E-state index >= 15 is 0 Å². The van der Waals surface area contributed by atoms with E-state index in [1.54, 1.807) is 43.3 Å². The molecule has 0 saturated heterocycles. The lowest BCUT2D eigenvalue weighted by Crippen LogP contribution is -2.17. The first-order valence-electron chi connectivity index (χ1n) is 10.5. The molecule has 0 saturated carbocycles. The molecular weight excluding hydrogens is 518 g/mol. The standard InChI is InChI=1S/C25H22BrN3O4S/c1-3-33-23-13-11-19(14-20(23)26)29-34(31,32)24-15-18(10-8-16(24)2)27-25(30)22-12-9-17-6-4-5-7-21(17)28-22/h4-15,29H,3H2,1-2H3,(H,27,30). The van der Waals surface area contributed by atoms with Crippen LogP contribution in [0.4, 0.5) is 11.4 Å². The van der Waals surface area contributed by atoms with Crippen molar-refractivity contribution in [3.8, 4) is 5.75 Å². The van der Waals surface area contributed by atoms with Gasteiger partial charge < -0.3 is 10.1 Å². The first-order chi connectivity index (χ1) is 16.3. The summed E-state index contributed by atoms with van der Waals surface area (Å²) in [7, 11) is -3.92. The maximum Gasteiger partial charge on any atom is 0.274 e. The zero-order valence-corrected chi connectivity index (χ0v) is 20.9. The van der Waals surface area contributed by atoms with Gasteiger partial charge >= 0.3 is 0 Å². The van der Waals surface area contributed by atoms with Crippen LogP contribution in [0.15, 0.2) is 82.2 Å². The molecule has 0 aliphatic carbocycles. The van der Waals surface area contributed by atoms with Crippen molar-refractivity contribution in [3.05, 3.63) is 88.5 Å². The molecule has 4 rings (SSSR count). The van der Waals surface area contributed by atoms with E-state index in [0.717, 1.165) is 5.39 Å². The highest BCUT2D eigenvalue weighted by atomic mass is 79.9. The summed E-state index contributed by atoms with van der Waals surface area (Å²) in [6, 6.07) is 20.6. The molecule has 0 atom stereocenters. The van der Waals surface area contributed by atoms with Gasteiger partial charge in [0.25, 0.3) is 15.9 Å². The summed E-state index contributed by atoms with van der Waals surface area (Å²) in [5.74, 6) is 0.190. The molecule has 1 aromatic heterocycles. The lowest BCUT2D eigenvalue weighted by Gasteiger charge is -2.14. The second-order valence-corrected chi connectivity index (χ2v) is 10.0. The van der Waals surface area contributed by atoms with Crippen LogP contribution in [0.25, 0.3) is 10.9 Å². The zero-order chi connectivity index (χ0) is 24.3. The number of hydrogen-bond acceptors (Lipinski definition) is 5. The van der Waals surface area contributed by atoms with Gasteiger partial charge in [0.2, 0.25) is 0 Å². The summed E-state index contributed by atoms with van der Waals surface area (Å²) in [6.45, 7) is 4.06. The first kappa shape index (κ1) is 23.7. The van der Waals surface area contributed by atoms with Crippen molar-refractivity contribution >= 4 is 54.1 Å². The fourth-order valence-corrected chi connectivity index (χ4v) is 5.22. The lowest BCUT2D eigenvalue weighted by molar-refractivity contribution is 0.102. The number of anilines is 2. The number of amides is 1. The van der Waals surface area contributed by atoms with Crippen molar-refractivity contribution in [1.29, 1.82) is 0 Å². The highest BCUT2D eigenvalue weighted by molar-refractivity contribution is 9.10. The van der Waals surface area contributed by atoms with Crippen molar-refractivity contribution < 1.29 is 17.9 Å². The van der Waals surface area contributed by atoms with Crippen LogP contribution in [0, 0.1) is 6.92 Å². The number of ether oxygens (including phenoxy) is 1. The number of aryl methyl sites for hydroxylation is 1. The fourth-order valence-electron chi connectivity index (χ4n) is 3.40. The molecule has 174 valence electrons. The van der Waals surface area contributed by atoms with Gasteiger partial charge in [0.05, 0.1) is 27.2 Å². The van der Waals surface area contributed by atoms with E-state index in [4.69, 9.17) is 4.74 Å². The summed E-state index contributed by atoms with van der Waals surface area (Å²) in [5.41, 5.74) is 2.21. The van der Waals surface area contributed by atoms with Crippen LogP contribution < -0.4 is 14.8 Å². The SMILES string of the molecule is CCOc1ccc(NS(=O)(=O)c2cc(NC(=O)c3ccc4ccccc4n3)ccc2C)cc1Br. The average Bonchev–Trinajstić information content (AvgIpc) is 2.81. The molecule has 9 heteroatoms. The van der Waals surface area contributed by atoms with Gasteiger partial charge in [-0.15, -0.1) is 0 Å². The number of carbonyl (C=O) groups excluding carboxylic acids is 1. The number of para-hydroxylation sites is 1. The van der Waals surface area contributed by atoms with Crippen LogP contribution in [-0.2, 0) is 10.0 Å². The Balaban J connectivity index is 1.57. The monoisotopic (exact) mass is 539 g/mol. The van der Waals surface area contributed by atoms with Crippen LogP contribution in [-0.4, -0.2) is 25.9 Å². The summed E-state index contributed by atoms with van der Waals surface area (Å²) < 4.78 is 34.9. The molecule has 1 heterocycles. The molecule has 1 amide bonds. The lowest BCUT2D eigenvalue weighted by atomic mass is 10.2. The Bertz CT molecular complexity index is 1490. The number of nitrogens with one attached hydrogen (secondary N) is 2. The largest absolute Gasteiger partial charge is 0.493 e. The summed E-state index contributed by atoms with van der Waals surface area (Å²) >= 11 is 3.39. The number of hydrogen-bond donors (Lipinski definition) is 2. The number of benzene rings is 3. The van der Waals surface area contributed by atoms with E-state index in [-0.39, 0.29) is 10.6 Å². The number of aromatic nitrogens is 1. The summed E-state index contributed by atoms with van der Waals surface area (Å²) in [4.78, 5) is 17.2. The Labute approximate surface area is 206 Å². The molecule has 0 radical (unpaired) electrons. The minimum absolute atomic E-state index is 0.0572. The van der Waals surface area contributed by atoms with E-state index in [2.05, 4.69) is 31.0 Å². The Kier molecular flexibility index (Phi) is 6.85. The van der Waals surface area contributed by atoms with Crippen LogP contribution in [0.2, 0.25) is 0 Å². The van der Waals surface area contributed by atoms with Crippen molar-refractivity contribution in [2.45, 2.75) is 18.7 Å². The zero-order valence-electron chi connectivity index (χ0n) is 18.5. The number of sulfonamides is 1. The van der Waals surface area contributed by atoms with E-state index in [9.17, 15) is 13.2 Å². The Morgan fingerprint density at radius 3 is 2.53 bits per heavy atom. The molecule has 34 heavy (non-hydrogen) atoms. The number of fused-ring (bicyclic) bond motifs is 1. The Hall–Kier alpha value is -3.43. The van der Waals surface area contributed by atoms with E-state index in [0.29, 0.717) is 39.3 Å². The topological polar surface area (TPSA) is 97.4 Å². The molecule has 0 aliphatic rings. The summed E-state index contributed by atoms with van der Waals surface area (Å²) in [5, 5.41) is 3.67. The second-order valence-electron chi connectivity index (χ2n) is 7.51. The third-order valence-corrected chi connectivity index (χ3v) is 7.19. The van der Waals surface area contributed by atoms with Gasteiger partial charge in [-0.1, -0.05) is 30.3 Å². The highest BCUT2D eigenvalue weighted by Crippen LogP contribution is 2.30. The number of halogens is 1. The molecule has 0 spiro atoms. The van der Waals surface area contributed by atoms with E-state index in [1.807, 2.05) is 37.3 Å². The molecule has 2 N–H and O–H groups in total. The number of carbonyl (C=O) groups is 1. The molecular formula is C25H22BrN3O4S. The number of rotatable bonds is 7. The molecule has 3 aromatic carbocycles. The van der Waals surface area contributed by atoms with Crippen molar-refractivity contribution in [2.75, 3.05) is 16.6 Å². The molecule has 0 unspecified atom stereocenters. The Morgan fingerprint density at radius 2 is 1.76 bits per heavy atom.